The summed E-state index contributed by atoms with van der Waals surface area (Å²) in [6.07, 6.45) is 1.40. The average Bonchev–Trinajstić information content (AvgIpc) is 2.95. The number of hydrogen-bond donors (Lipinski definition) is 1. The summed E-state index contributed by atoms with van der Waals surface area (Å²) in [7, 11) is 0. The van der Waals surface area contributed by atoms with E-state index in [2.05, 4.69) is 10.1 Å². The standard InChI is InChI=1S/C15H18N4O2/c1-9-8-13(17-19(9)12-6-4-5-7-16-12)18-14(20)10(2)11(3)15(18)21/h4-7,9,14,20H,8H2,1-3H3. The van der Waals surface area contributed by atoms with Crippen LogP contribution in [0.3, 0.4) is 0 Å². The van der Waals surface area contributed by atoms with E-state index in [1.165, 1.54) is 4.90 Å². The van der Waals surface area contributed by atoms with Crippen LogP contribution < -0.4 is 5.01 Å². The van der Waals surface area contributed by atoms with Crippen LogP contribution in [0.2, 0.25) is 0 Å². The zero-order valence-corrected chi connectivity index (χ0v) is 12.3. The molecule has 6 heteroatoms. The predicted molar refractivity (Wildman–Crippen MR) is 79.5 cm³/mol. The summed E-state index contributed by atoms with van der Waals surface area (Å²) in [6, 6.07) is 5.71. The smallest absolute Gasteiger partial charge is 0.257 e. The highest BCUT2D eigenvalue weighted by atomic mass is 16.3. The minimum atomic E-state index is -0.910. The third kappa shape index (κ3) is 2.12. The summed E-state index contributed by atoms with van der Waals surface area (Å²) in [5.41, 5.74) is 1.28. The van der Waals surface area contributed by atoms with Crippen LogP contribution >= 0.6 is 0 Å². The first-order chi connectivity index (χ1) is 10.0. The fourth-order valence-electron chi connectivity index (χ4n) is 2.63. The van der Waals surface area contributed by atoms with Gasteiger partial charge in [-0.05, 0) is 38.5 Å². The molecule has 3 heterocycles. The Morgan fingerprint density at radius 3 is 2.67 bits per heavy atom. The maximum atomic E-state index is 12.3. The van der Waals surface area contributed by atoms with E-state index in [0.29, 0.717) is 23.4 Å². The van der Waals surface area contributed by atoms with Gasteiger partial charge in [-0.1, -0.05) is 6.07 Å². The molecule has 3 rings (SSSR count). The maximum absolute atomic E-state index is 12.3. The van der Waals surface area contributed by atoms with Crippen molar-refractivity contribution in [1.82, 2.24) is 9.88 Å². The van der Waals surface area contributed by atoms with Crippen LogP contribution in [0.15, 0.2) is 40.6 Å². The Bertz CT molecular complexity index is 638. The van der Waals surface area contributed by atoms with Gasteiger partial charge in [-0.25, -0.2) is 9.99 Å². The number of amidine groups is 1. The quantitative estimate of drug-likeness (QED) is 0.849. The summed E-state index contributed by atoms with van der Waals surface area (Å²) < 4.78 is 0. The van der Waals surface area contributed by atoms with E-state index in [0.717, 1.165) is 5.82 Å². The topological polar surface area (TPSA) is 69.0 Å². The first-order valence-corrected chi connectivity index (χ1v) is 6.97. The van der Waals surface area contributed by atoms with Gasteiger partial charge < -0.3 is 5.11 Å². The minimum absolute atomic E-state index is 0.0936. The fraction of sp³-hybridized carbons (Fsp3) is 0.400. The van der Waals surface area contributed by atoms with E-state index in [-0.39, 0.29) is 11.9 Å². The molecular formula is C15H18N4O2. The number of rotatable bonds is 1. The Morgan fingerprint density at radius 1 is 1.33 bits per heavy atom. The molecule has 0 bridgehead atoms. The van der Waals surface area contributed by atoms with Gasteiger partial charge in [0, 0.05) is 18.2 Å². The van der Waals surface area contributed by atoms with Gasteiger partial charge in [-0.2, -0.15) is 5.10 Å². The lowest BCUT2D eigenvalue weighted by atomic mass is 10.2. The first kappa shape index (κ1) is 13.8. The van der Waals surface area contributed by atoms with E-state index in [1.807, 2.05) is 25.1 Å². The van der Waals surface area contributed by atoms with Crippen molar-refractivity contribution < 1.29 is 9.90 Å². The van der Waals surface area contributed by atoms with Gasteiger partial charge in [-0.15, -0.1) is 0 Å². The van der Waals surface area contributed by atoms with Crippen LogP contribution in [-0.2, 0) is 4.79 Å². The van der Waals surface area contributed by atoms with Gasteiger partial charge >= 0.3 is 0 Å². The summed E-state index contributed by atoms with van der Waals surface area (Å²) >= 11 is 0. The lowest BCUT2D eigenvalue weighted by Gasteiger charge is -2.21. The van der Waals surface area contributed by atoms with Gasteiger partial charge in [0.15, 0.2) is 6.23 Å². The molecule has 0 saturated carbocycles. The van der Waals surface area contributed by atoms with Gasteiger partial charge in [0.05, 0.1) is 6.04 Å². The summed E-state index contributed by atoms with van der Waals surface area (Å²) in [4.78, 5) is 17.9. The Morgan fingerprint density at radius 2 is 2.10 bits per heavy atom. The van der Waals surface area contributed by atoms with Crippen molar-refractivity contribution in [2.75, 3.05) is 5.01 Å². The molecule has 0 aliphatic carbocycles. The van der Waals surface area contributed by atoms with Gasteiger partial charge in [0.1, 0.15) is 11.7 Å². The van der Waals surface area contributed by atoms with Crippen molar-refractivity contribution in [2.24, 2.45) is 5.10 Å². The van der Waals surface area contributed by atoms with Crippen LogP contribution in [0.25, 0.3) is 0 Å². The number of aliphatic hydroxyl groups excluding tert-OH is 1. The molecule has 1 aromatic rings. The number of aromatic nitrogens is 1. The molecule has 1 amide bonds. The number of nitrogens with zero attached hydrogens (tertiary/aromatic N) is 4. The van der Waals surface area contributed by atoms with Crippen LogP contribution in [-0.4, -0.2) is 39.0 Å². The fourth-order valence-corrected chi connectivity index (χ4v) is 2.63. The van der Waals surface area contributed by atoms with Crippen molar-refractivity contribution in [3.63, 3.8) is 0 Å². The van der Waals surface area contributed by atoms with Gasteiger partial charge in [0.2, 0.25) is 0 Å². The molecule has 6 nitrogen and oxygen atoms in total. The number of amides is 1. The lowest BCUT2D eigenvalue weighted by Crippen LogP contribution is -2.40. The number of pyridine rings is 1. The van der Waals surface area contributed by atoms with E-state index in [1.54, 1.807) is 25.1 Å². The molecule has 2 aliphatic heterocycles. The zero-order valence-electron chi connectivity index (χ0n) is 12.3. The third-order valence-corrected chi connectivity index (χ3v) is 4.04. The number of carbonyl (C=O) groups excluding carboxylic acids is 1. The second kappa shape index (κ2) is 4.96. The number of carbonyl (C=O) groups is 1. The summed E-state index contributed by atoms with van der Waals surface area (Å²) in [6.45, 7) is 5.52. The number of anilines is 1. The average molecular weight is 286 g/mol. The Labute approximate surface area is 123 Å². The molecule has 0 radical (unpaired) electrons. The Hall–Kier alpha value is -2.21. The van der Waals surface area contributed by atoms with E-state index >= 15 is 0 Å². The molecule has 1 N–H and O–H groups in total. The van der Waals surface area contributed by atoms with Crippen LogP contribution in [0.1, 0.15) is 27.2 Å². The summed E-state index contributed by atoms with van der Waals surface area (Å²) in [5, 5.41) is 16.5. The van der Waals surface area contributed by atoms with E-state index in [4.69, 9.17) is 0 Å². The lowest BCUT2D eigenvalue weighted by molar-refractivity contribution is -0.126. The normalized spacial score (nSPS) is 25.9. The molecule has 2 atom stereocenters. The van der Waals surface area contributed by atoms with Crippen molar-refractivity contribution in [1.29, 1.82) is 0 Å². The highest BCUT2D eigenvalue weighted by molar-refractivity contribution is 6.09. The molecular weight excluding hydrogens is 268 g/mol. The molecule has 1 aromatic heterocycles. The van der Waals surface area contributed by atoms with Crippen LogP contribution in [0, 0.1) is 0 Å². The zero-order chi connectivity index (χ0) is 15.1. The molecule has 2 unspecified atom stereocenters. The van der Waals surface area contributed by atoms with E-state index < -0.39 is 6.23 Å². The highest BCUT2D eigenvalue weighted by Gasteiger charge is 2.40. The van der Waals surface area contributed by atoms with Crippen LogP contribution in [0.5, 0.6) is 0 Å². The molecule has 0 saturated heterocycles. The maximum Gasteiger partial charge on any atom is 0.257 e. The monoisotopic (exact) mass is 286 g/mol. The predicted octanol–water partition coefficient (Wildman–Crippen LogP) is 1.49. The molecule has 0 aromatic carbocycles. The summed E-state index contributed by atoms with van der Waals surface area (Å²) in [5.74, 6) is 1.15. The van der Waals surface area contributed by atoms with Gasteiger partial charge in [-0.3, -0.25) is 9.69 Å². The molecule has 21 heavy (non-hydrogen) atoms. The number of hydrogen-bond acceptors (Lipinski definition) is 5. The van der Waals surface area contributed by atoms with Crippen molar-refractivity contribution in [2.45, 2.75) is 39.5 Å². The largest absolute Gasteiger partial charge is 0.369 e. The highest BCUT2D eigenvalue weighted by Crippen LogP contribution is 2.29. The molecule has 0 fully saturated rings. The first-order valence-electron chi connectivity index (χ1n) is 6.97. The van der Waals surface area contributed by atoms with Crippen molar-refractivity contribution >= 4 is 17.6 Å². The second-order valence-electron chi connectivity index (χ2n) is 5.46. The van der Waals surface area contributed by atoms with Crippen LogP contribution in [0.4, 0.5) is 5.82 Å². The van der Waals surface area contributed by atoms with Crippen molar-refractivity contribution in [3.8, 4) is 0 Å². The van der Waals surface area contributed by atoms with Gasteiger partial charge in [0.25, 0.3) is 5.91 Å². The second-order valence-corrected chi connectivity index (χ2v) is 5.46. The number of aliphatic hydroxyl groups is 1. The molecule has 110 valence electrons. The Balaban J connectivity index is 1.90. The molecule has 2 aliphatic rings. The third-order valence-electron chi connectivity index (χ3n) is 4.04. The minimum Gasteiger partial charge on any atom is -0.369 e. The number of hydrazone groups is 1. The SMILES string of the molecule is CC1=C(C)C(O)N(C2=NN(c3ccccn3)C(C)C2)C1=O. The van der Waals surface area contributed by atoms with E-state index in [9.17, 15) is 9.90 Å². The van der Waals surface area contributed by atoms with Crippen molar-refractivity contribution in [3.05, 3.63) is 35.5 Å². The molecule has 0 spiro atoms. The Kier molecular flexibility index (Phi) is 3.25.